The van der Waals surface area contributed by atoms with Gasteiger partial charge in [-0.05, 0) is 30.2 Å². The van der Waals surface area contributed by atoms with Gasteiger partial charge < -0.3 is 15.1 Å². The summed E-state index contributed by atoms with van der Waals surface area (Å²) in [6.07, 6.45) is 3.10. The lowest BCUT2D eigenvalue weighted by Crippen LogP contribution is -2.52. The third-order valence-electron chi connectivity index (χ3n) is 6.38. The van der Waals surface area contributed by atoms with Crippen LogP contribution >= 0.6 is 0 Å². The lowest BCUT2D eigenvalue weighted by molar-refractivity contribution is -0.143. The van der Waals surface area contributed by atoms with Crippen molar-refractivity contribution in [1.82, 2.24) is 20.4 Å². The number of urea groups is 1. The van der Waals surface area contributed by atoms with Crippen LogP contribution in [-0.4, -0.2) is 59.2 Å². The predicted octanol–water partition coefficient (Wildman–Crippen LogP) is 1.02. The van der Waals surface area contributed by atoms with E-state index in [4.69, 9.17) is 0 Å². The summed E-state index contributed by atoms with van der Waals surface area (Å²) in [4.78, 5) is 51.6. The van der Waals surface area contributed by atoms with Gasteiger partial charge in [-0.1, -0.05) is 30.3 Å². The molecule has 5 amide bonds. The van der Waals surface area contributed by atoms with Crippen LogP contribution in [0.4, 0.5) is 4.79 Å². The third kappa shape index (κ3) is 4.26. The Morgan fingerprint density at radius 3 is 2.45 bits per heavy atom. The van der Waals surface area contributed by atoms with E-state index in [0.717, 1.165) is 31.4 Å². The van der Waals surface area contributed by atoms with Gasteiger partial charge in [-0.2, -0.15) is 0 Å². The van der Waals surface area contributed by atoms with E-state index < -0.39 is 18.0 Å². The van der Waals surface area contributed by atoms with Crippen molar-refractivity contribution in [2.75, 3.05) is 19.6 Å². The van der Waals surface area contributed by atoms with Gasteiger partial charge >= 0.3 is 6.03 Å². The zero-order chi connectivity index (χ0) is 20.4. The van der Waals surface area contributed by atoms with Gasteiger partial charge in [-0.3, -0.25) is 19.7 Å². The smallest absolute Gasteiger partial charge is 0.322 e. The summed E-state index contributed by atoms with van der Waals surface area (Å²) in [5.41, 5.74) is 1.18. The lowest BCUT2D eigenvalue weighted by atomic mass is 9.72. The molecule has 0 aromatic heterocycles. The number of carbonyl (C=O) groups is 4. The molecule has 0 radical (unpaired) electrons. The van der Waals surface area contributed by atoms with Crippen LogP contribution in [0, 0.1) is 5.41 Å². The van der Waals surface area contributed by atoms with Gasteiger partial charge in [0.05, 0.1) is 6.42 Å². The second-order valence-electron chi connectivity index (χ2n) is 8.34. The largest absolute Gasteiger partial charge is 0.343 e. The Labute approximate surface area is 169 Å². The van der Waals surface area contributed by atoms with E-state index in [1.54, 1.807) is 4.90 Å². The Morgan fingerprint density at radius 2 is 1.79 bits per heavy atom. The van der Waals surface area contributed by atoms with E-state index in [0.29, 0.717) is 26.1 Å². The zero-order valence-corrected chi connectivity index (χ0v) is 16.4. The normalized spacial score (nSPS) is 23.9. The van der Waals surface area contributed by atoms with Gasteiger partial charge in [0, 0.05) is 32.6 Å². The minimum Gasteiger partial charge on any atom is -0.343 e. The maximum absolute atomic E-state index is 12.6. The number of benzene rings is 1. The lowest BCUT2D eigenvalue weighted by Gasteiger charge is -2.47. The fourth-order valence-corrected chi connectivity index (χ4v) is 4.60. The van der Waals surface area contributed by atoms with Gasteiger partial charge in [0.15, 0.2) is 0 Å². The Morgan fingerprint density at radius 1 is 1.07 bits per heavy atom. The predicted molar refractivity (Wildman–Crippen MR) is 104 cm³/mol. The topological polar surface area (TPSA) is 98.8 Å². The molecular formula is C21H26N4O4. The molecule has 3 aliphatic rings. The second-order valence-corrected chi connectivity index (χ2v) is 8.34. The highest BCUT2D eigenvalue weighted by Gasteiger charge is 2.42. The van der Waals surface area contributed by atoms with Crippen molar-refractivity contribution in [2.45, 2.75) is 44.7 Å². The summed E-state index contributed by atoms with van der Waals surface area (Å²) in [6.45, 7) is 2.59. The summed E-state index contributed by atoms with van der Waals surface area (Å²) in [6, 6.07) is 8.68. The quantitative estimate of drug-likeness (QED) is 0.740. The Bertz CT molecular complexity index is 817. The molecule has 1 aromatic carbocycles. The summed E-state index contributed by atoms with van der Waals surface area (Å²) in [5, 5.41) is 4.63. The molecule has 154 valence electrons. The van der Waals surface area contributed by atoms with Crippen LogP contribution in [0.3, 0.4) is 0 Å². The average Bonchev–Trinajstić information content (AvgIpc) is 3.03. The Balaban J connectivity index is 1.33. The zero-order valence-electron chi connectivity index (χ0n) is 16.4. The highest BCUT2D eigenvalue weighted by Crippen LogP contribution is 2.40. The molecule has 0 bridgehead atoms. The van der Waals surface area contributed by atoms with Gasteiger partial charge in [-0.15, -0.1) is 0 Å². The van der Waals surface area contributed by atoms with Crippen molar-refractivity contribution in [3.05, 3.63) is 35.9 Å². The summed E-state index contributed by atoms with van der Waals surface area (Å²) < 4.78 is 0. The highest BCUT2D eigenvalue weighted by molar-refractivity contribution is 6.05. The molecule has 8 heteroatoms. The molecule has 3 aliphatic heterocycles. The van der Waals surface area contributed by atoms with Crippen molar-refractivity contribution in [3.8, 4) is 0 Å². The molecule has 1 aromatic rings. The SMILES string of the molecule is O=C1NC(=O)[C@@H](CC(=O)N2CCC3(CCC(=O)N(Cc4ccccc4)C3)CC2)N1. The molecule has 1 atom stereocenters. The minimum absolute atomic E-state index is 0.0107. The van der Waals surface area contributed by atoms with Gasteiger partial charge in [0.2, 0.25) is 11.8 Å². The van der Waals surface area contributed by atoms with E-state index in [9.17, 15) is 19.2 Å². The molecule has 3 heterocycles. The monoisotopic (exact) mass is 398 g/mol. The van der Waals surface area contributed by atoms with Crippen molar-refractivity contribution >= 4 is 23.8 Å². The first-order valence-electron chi connectivity index (χ1n) is 10.1. The molecule has 29 heavy (non-hydrogen) atoms. The van der Waals surface area contributed by atoms with E-state index in [1.165, 1.54) is 0 Å². The van der Waals surface area contributed by atoms with Crippen molar-refractivity contribution in [2.24, 2.45) is 5.41 Å². The molecule has 0 aliphatic carbocycles. The van der Waals surface area contributed by atoms with Crippen LogP contribution in [0.5, 0.6) is 0 Å². The highest BCUT2D eigenvalue weighted by atomic mass is 16.2. The van der Waals surface area contributed by atoms with Crippen LogP contribution in [0.2, 0.25) is 0 Å². The number of carbonyl (C=O) groups excluding carboxylic acids is 4. The first-order valence-corrected chi connectivity index (χ1v) is 10.1. The maximum Gasteiger partial charge on any atom is 0.322 e. The van der Waals surface area contributed by atoms with Crippen molar-refractivity contribution < 1.29 is 19.2 Å². The molecule has 3 fully saturated rings. The van der Waals surface area contributed by atoms with Gasteiger partial charge in [-0.25, -0.2) is 4.79 Å². The van der Waals surface area contributed by atoms with Gasteiger partial charge in [0.25, 0.3) is 5.91 Å². The summed E-state index contributed by atoms with van der Waals surface area (Å²) >= 11 is 0. The fraction of sp³-hybridized carbons (Fsp3) is 0.524. The van der Waals surface area contributed by atoms with Crippen LogP contribution in [0.15, 0.2) is 30.3 Å². The number of nitrogens with one attached hydrogen (secondary N) is 2. The number of piperidine rings is 2. The molecule has 8 nitrogen and oxygen atoms in total. The third-order valence-corrected chi connectivity index (χ3v) is 6.38. The summed E-state index contributed by atoms with van der Waals surface area (Å²) in [5.74, 6) is -0.365. The molecule has 0 unspecified atom stereocenters. The fourth-order valence-electron chi connectivity index (χ4n) is 4.60. The second kappa shape index (κ2) is 7.85. The molecule has 2 N–H and O–H groups in total. The van der Waals surface area contributed by atoms with E-state index in [2.05, 4.69) is 10.6 Å². The minimum atomic E-state index is -0.778. The summed E-state index contributed by atoms with van der Waals surface area (Å²) in [7, 11) is 0. The molecule has 0 saturated carbocycles. The molecular weight excluding hydrogens is 372 g/mol. The number of hydrogen-bond donors (Lipinski definition) is 2. The van der Waals surface area contributed by atoms with E-state index in [1.807, 2.05) is 35.2 Å². The number of hydrogen-bond acceptors (Lipinski definition) is 4. The van der Waals surface area contributed by atoms with E-state index >= 15 is 0 Å². The average molecular weight is 398 g/mol. The number of amides is 5. The first kappa shape index (κ1) is 19.4. The number of rotatable bonds is 4. The Kier molecular flexibility index (Phi) is 5.25. The van der Waals surface area contributed by atoms with Crippen LogP contribution in [0.1, 0.15) is 37.7 Å². The molecule has 4 rings (SSSR count). The van der Waals surface area contributed by atoms with E-state index in [-0.39, 0.29) is 23.7 Å². The maximum atomic E-state index is 12.6. The Hall–Kier alpha value is -2.90. The van der Waals surface area contributed by atoms with Crippen LogP contribution in [-0.2, 0) is 20.9 Å². The van der Waals surface area contributed by atoms with Gasteiger partial charge in [0.1, 0.15) is 6.04 Å². The van der Waals surface area contributed by atoms with Crippen LogP contribution < -0.4 is 10.6 Å². The number of likely N-dealkylation sites (tertiary alicyclic amines) is 2. The van der Waals surface area contributed by atoms with Crippen molar-refractivity contribution in [1.29, 1.82) is 0 Å². The van der Waals surface area contributed by atoms with Crippen molar-refractivity contribution in [3.63, 3.8) is 0 Å². The number of nitrogens with zero attached hydrogens (tertiary/aromatic N) is 2. The molecule has 1 spiro atoms. The number of imide groups is 1. The standard InChI is InChI=1S/C21H26N4O4/c26-17-6-7-21(14-25(17)13-15-4-2-1-3-5-15)8-10-24(11-9-21)18(27)12-16-19(28)23-20(29)22-16/h1-5,16H,6-14H2,(H2,22,23,28,29)/t16-/m1/s1. The van der Waals surface area contributed by atoms with Crippen LogP contribution in [0.25, 0.3) is 0 Å². The first-order chi connectivity index (χ1) is 13.9. The molecule has 3 saturated heterocycles.